The van der Waals surface area contributed by atoms with Gasteiger partial charge >= 0.3 is 0 Å². The Morgan fingerprint density at radius 1 is 1.29 bits per heavy atom. The normalized spacial score (nSPS) is 10.7. The fourth-order valence-corrected chi connectivity index (χ4v) is 4.36. The van der Waals surface area contributed by atoms with Crippen molar-refractivity contribution in [1.82, 2.24) is 14.8 Å². The summed E-state index contributed by atoms with van der Waals surface area (Å²) in [7, 11) is 1.44. The van der Waals surface area contributed by atoms with E-state index in [-0.39, 0.29) is 23.6 Å². The Bertz CT molecular complexity index is 1050. The summed E-state index contributed by atoms with van der Waals surface area (Å²) in [6.45, 7) is 3.89. The van der Waals surface area contributed by atoms with Gasteiger partial charge in [-0.25, -0.2) is 0 Å². The van der Waals surface area contributed by atoms with Crippen molar-refractivity contribution < 1.29 is 9.53 Å². The molecule has 0 saturated carbocycles. The number of rotatable bonds is 7. The van der Waals surface area contributed by atoms with Crippen LogP contribution in [-0.4, -0.2) is 27.8 Å². The topological polar surface area (TPSA) is 86.1 Å². The number of methoxy groups -OCH3 is 1. The molecule has 146 valence electrons. The van der Waals surface area contributed by atoms with Gasteiger partial charge in [-0.15, -0.1) is 10.2 Å². The largest absolute Gasteiger partial charge is 0.491 e. The molecule has 1 aromatic carbocycles. The Kier molecular flexibility index (Phi) is 6.48. The minimum Gasteiger partial charge on any atom is -0.491 e. The van der Waals surface area contributed by atoms with Gasteiger partial charge in [-0.3, -0.25) is 9.59 Å². The molecule has 3 rings (SSSR count). The lowest BCUT2D eigenvalue weighted by Crippen LogP contribution is -2.23. The molecule has 9 heteroatoms. The molecule has 0 unspecified atom stereocenters. The van der Waals surface area contributed by atoms with Crippen molar-refractivity contribution >= 4 is 34.7 Å². The van der Waals surface area contributed by atoms with Crippen LogP contribution in [0.5, 0.6) is 5.75 Å². The lowest BCUT2D eigenvalue weighted by Gasteiger charge is -2.15. The number of benzene rings is 1. The minimum absolute atomic E-state index is 0.0655. The Morgan fingerprint density at radius 3 is 2.75 bits per heavy atom. The first kappa shape index (κ1) is 20.1. The molecule has 0 bridgehead atoms. The van der Waals surface area contributed by atoms with Gasteiger partial charge in [-0.05, 0) is 25.5 Å². The molecule has 0 atom stereocenters. The van der Waals surface area contributed by atoms with E-state index in [1.165, 1.54) is 36.3 Å². The van der Waals surface area contributed by atoms with Crippen LogP contribution in [0.25, 0.3) is 0 Å². The molecule has 2 heterocycles. The number of ether oxygens (including phenoxy) is 1. The second kappa shape index (κ2) is 9.03. The van der Waals surface area contributed by atoms with E-state index in [1.54, 1.807) is 10.8 Å². The van der Waals surface area contributed by atoms with Crippen LogP contribution in [0.2, 0.25) is 0 Å². The van der Waals surface area contributed by atoms with E-state index >= 15 is 0 Å². The molecule has 2 aromatic heterocycles. The van der Waals surface area contributed by atoms with Crippen LogP contribution in [0.4, 0.5) is 5.69 Å². The van der Waals surface area contributed by atoms with Crippen LogP contribution in [-0.2, 0) is 17.1 Å². The summed E-state index contributed by atoms with van der Waals surface area (Å²) in [6, 6.07) is 9.08. The summed E-state index contributed by atoms with van der Waals surface area (Å²) < 4.78 is 7.68. The predicted octanol–water partition coefficient (Wildman–Crippen LogP) is 3.26. The van der Waals surface area contributed by atoms with E-state index < -0.39 is 0 Å². The van der Waals surface area contributed by atoms with Crippen LogP contribution in [0.15, 0.2) is 45.7 Å². The maximum Gasteiger partial charge on any atom is 0.244 e. The number of carbonyl (C=O) groups excluding carboxylic acids is 1. The van der Waals surface area contributed by atoms with Crippen molar-refractivity contribution in [3.05, 3.63) is 63.0 Å². The van der Waals surface area contributed by atoms with E-state index in [2.05, 4.69) is 15.5 Å². The van der Waals surface area contributed by atoms with Crippen molar-refractivity contribution in [3.8, 4) is 5.75 Å². The van der Waals surface area contributed by atoms with Gasteiger partial charge in [-0.1, -0.05) is 41.3 Å². The van der Waals surface area contributed by atoms with Gasteiger partial charge < -0.3 is 14.6 Å². The zero-order valence-corrected chi connectivity index (χ0v) is 17.4. The standard InChI is InChI=1S/C19H20N4O3S2/c1-12-6-4-5-7-15(12)20-18(25)10-23-9-17(26-3)16(24)8-14(23)11-27-19-22-21-13(2)28-19/h4-9H,10-11H2,1-3H3,(H,20,25). The lowest BCUT2D eigenvalue weighted by molar-refractivity contribution is -0.116. The zero-order chi connectivity index (χ0) is 20.1. The molecule has 3 aromatic rings. The van der Waals surface area contributed by atoms with Gasteiger partial charge in [0.15, 0.2) is 10.1 Å². The quantitative estimate of drug-likeness (QED) is 0.595. The third-order valence-corrected chi connectivity index (χ3v) is 5.99. The highest BCUT2D eigenvalue weighted by atomic mass is 32.2. The Balaban J connectivity index is 1.80. The molecule has 7 nitrogen and oxygen atoms in total. The number of aromatic nitrogens is 3. The summed E-state index contributed by atoms with van der Waals surface area (Å²) in [5.41, 5.74) is 2.24. The number of hydrogen-bond acceptors (Lipinski definition) is 7. The molecular weight excluding hydrogens is 396 g/mol. The zero-order valence-electron chi connectivity index (χ0n) is 15.8. The van der Waals surface area contributed by atoms with E-state index in [0.717, 1.165) is 20.6 Å². The highest BCUT2D eigenvalue weighted by Crippen LogP contribution is 2.25. The number of hydrogen-bond donors (Lipinski definition) is 1. The number of thioether (sulfide) groups is 1. The van der Waals surface area contributed by atoms with E-state index in [1.807, 2.05) is 38.1 Å². The molecule has 0 spiro atoms. The van der Waals surface area contributed by atoms with Gasteiger partial charge in [0, 0.05) is 23.2 Å². The van der Waals surface area contributed by atoms with Gasteiger partial charge in [0.05, 0.1) is 13.3 Å². The van der Waals surface area contributed by atoms with E-state index in [4.69, 9.17) is 4.74 Å². The molecule has 0 radical (unpaired) electrons. The van der Waals surface area contributed by atoms with Crippen molar-refractivity contribution in [2.24, 2.45) is 0 Å². The molecule has 28 heavy (non-hydrogen) atoms. The summed E-state index contributed by atoms with van der Waals surface area (Å²) in [5, 5.41) is 11.9. The number of anilines is 1. The maximum atomic E-state index is 12.6. The average Bonchev–Trinajstić information content (AvgIpc) is 3.08. The fourth-order valence-electron chi connectivity index (χ4n) is 2.55. The Labute approximate surface area is 170 Å². The van der Waals surface area contributed by atoms with E-state index in [9.17, 15) is 9.59 Å². The average molecular weight is 417 g/mol. The molecular formula is C19H20N4O3S2. The fraction of sp³-hybridized carbons (Fsp3) is 0.263. The molecule has 0 aliphatic rings. The monoisotopic (exact) mass is 416 g/mol. The molecule has 1 N–H and O–H groups in total. The van der Waals surface area contributed by atoms with Crippen LogP contribution in [0.1, 0.15) is 16.3 Å². The number of nitrogens with zero attached hydrogens (tertiary/aromatic N) is 3. The van der Waals surface area contributed by atoms with Gasteiger partial charge in [0.2, 0.25) is 11.3 Å². The van der Waals surface area contributed by atoms with Gasteiger partial charge in [0.25, 0.3) is 0 Å². The number of carbonyl (C=O) groups is 1. The number of para-hydroxylation sites is 1. The van der Waals surface area contributed by atoms with Crippen LogP contribution < -0.4 is 15.5 Å². The summed E-state index contributed by atoms with van der Waals surface area (Å²) in [5.74, 6) is 0.508. The number of pyridine rings is 1. The van der Waals surface area contributed by atoms with E-state index in [0.29, 0.717) is 11.4 Å². The lowest BCUT2D eigenvalue weighted by atomic mass is 10.2. The SMILES string of the molecule is COc1cn(CC(=O)Nc2ccccc2C)c(CSc2nnc(C)s2)cc1=O. The molecule has 1 amide bonds. The predicted molar refractivity (Wildman–Crippen MR) is 111 cm³/mol. The highest BCUT2D eigenvalue weighted by Gasteiger charge is 2.13. The Morgan fingerprint density at radius 2 is 2.07 bits per heavy atom. The van der Waals surface area contributed by atoms with Crippen molar-refractivity contribution in [3.63, 3.8) is 0 Å². The van der Waals surface area contributed by atoms with Crippen molar-refractivity contribution in [1.29, 1.82) is 0 Å². The smallest absolute Gasteiger partial charge is 0.244 e. The van der Waals surface area contributed by atoms with Gasteiger partial charge in [0.1, 0.15) is 11.6 Å². The molecule has 0 fully saturated rings. The van der Waals surface area contributed by atoms with Crippen LogP contribution in [0.3, 0.4) is 0 Å². The van der Waals surface area contributed by atoms with Crippen molar-refractivity contribution in [2.45, 2.75) is 30.5 Å². The summed E-state index contributed by atoms with van der Waals surface area (Å²) in [6.07, 6.45) is 1.57. The number of aryl methyl sites for hydroxylation is 2. The molecule has 0 saturated heterocycles. The maximum absolute atomic E-state index is 12.6. The number of nitrogens with one attached hydrogen (secondary N) is 1. The number of amides is 1. The third-order valence-electron chi connectivity index (χ3n) is 3.99. The van der Waals surface area contributed by atoms with Crippen LogP contribution >= 0.6 is 23.1 Å². The first-order chi connectivity index (χ1) is 13.5. The highest BCUT2D eigenvalue weighted by molar-refractivity contribution is 8.00. The first-order valence-electron chi connectivity index (χ1n) is 8.52. The summed E-state index contributed by atoms with van der Waals surface area (Å²) in [4.78, 5) is 24.8. The third kappa shape index (κ3) is 4.99. The Hall–Kier alpha value is -2.65. The second-order valence-electron chi connectivity index (χ2n) is 6.06. The molecule has 0 aliphatic heterocycles. The first-order valence-corrected chi connectivity index (χ1v) is 10.3. The molecule has 0 aliphatic carbocycles. The second-order valence-corrected chi connectivity index (χ2v) is 8.47. The van der Waals surface area contributed by atoms with Gasteiger partial charge in [-0.2, -0.15) is 0 Å². The van der Waals surface area contributed by atoms with Crippen molar-refractivity contribution in [2.75, 3.05) is 12.4 Å². The minimum atomic E-state index is -0.220. The summed E-state index contributed by atoms with van der Waals surface area (Å²) >= 11 is 2.97. The van der Waals surface area contributed by atoms with Crippen LogP contribution in [0, 0.1) is 13.8 Å².